The molecule has 1 heterocycles. The topological polar surface area (TPSA) is 65.1 Å². The van der Waals surface area contributed by atoms with Gasteiger partial charge >= 0.3 is 5.69 Å². The van der Waals surface area contributed by atoms with Gasteiger partial charge in [0.15, 0.2) is 0 Å². The maximum absolute atomic E-state index is 10.8. The van der Waals surface area contributed by atoms with Gasteiger partial charge in [0.2, 0.25) is 0 Å². The normalized spacial score (nSPS) is 9.55. The Morgan fingerprint density at radius 3 is 2.73 bits per heavy atom. The Morgan fingerprint density at radius 1 is 1.64 bits per heavy atom. The standard InChI is InChI=1S/C6H6N2O3/c1-7-3-2-6(9)5(4-7)8(10)11/h2-4H,1H3. The number of hydrogen-bond acceptors (Lipinski definition) is 3. The Kier molecular flexibility index (Phi) is 1.72. The summed E-state index contributed by atoms with van der Waals surface area (Å²) in [4.78, 5) is 20.2. The number of rotatable bonds is 1. The SMILES string of the molecule is Cn1ccc(=O)c([N+](=O)[O-])c1. The van der Waals surface area contributed by atoms with Crippen molar-refractivity contribution in [2.45, 2.75) is 0 Å². The molecule has 5 nitrogen and oxygen atoms in total. The number of nitrogens with zero attached hydrogens (tertiary/aromatic N) is 2. The first-order valence-corrected chi connectivity index (χ1v) is 2.92. The lowest BCUT2D eigenvalue weighted by atomic mass is 10.4. The summed E-state index contributed by atoms with van der Waals surface area (Å²) in [7, 11) is 1.62. The zero-order valence-corrected chi connectivity index (χ0v) is 5.85. The summed E-state index contributed by atoms with van der Waals surface area (Å²) in [5.74, 6) is 0. The van der Waals surface area contributed by atoms with Crippen molar-refractivity contribution in [3.05, 3.63) is 38.8 Å². The van der Waals surface area contributed by atoms with Crippen LogP contribution in [0.2, 0.25) is 0 Å². The predicted octanol–water partition coefficient (Wildman–Crippen LogP) is 0.293. The van der Waals surface area contributed by atoms with E-state index >= 15 is 0 Å². The van der Waals surface area contributed by atoms with E-state index in [4.69, 9.17) is 0 Å². The van der Waals surface area contributed by atoms with Gasteiger partial charge in [0, 0.05) is 19.3 Å². The maximum atomic E-state index is 10.8. The molecule has 0 spiro atoms. The number of aryl methyl sites for hydroxylation is 1. The van der Waals surface area contributed by atoms with Crippen molar-refractivity contribution in [2.75, 3.05) is 0 Å². The van der Waals surface area contributed by atoms with Gasteiger partial charge in [-0.1, -0.05) is 0 Å². The third-order valence-corrected chi connectivity index (χ3v) is 1.24. The minimum Gasteiger partial charge on any atom is -0.351 e. The summed E-state index contributed by atoms with van der Waals surface area (Å²) in [5, 5.41) is 10.2. The summed E-state index contributed by atoms with van der Waals surface area (Å²) in [5.41, 5.74) is -0.955. The number of pyridine rings is 1. The van der Waals surface area contributed by atoms with Gasteiger partial charge < -0.3 is 4.57 Å². The van der Waals surface area contributed by atoms with Crippen LogP contribution >= 0.6 is 0 Å². The second-order valence-corrected chi connectivity index (χ2v) is 2.12. The first kappa shape index (κ1) is 7.46. The van der Waals surface area contributed by atoms with Crippen LogP contribution in [0.5, 0.6) is 0 Å². The van der Waals surface area contributed by atoms with Crippen LogP contribution in [-0.4, -0.2) is 9.49 Å². The molecule has 0 aromatic carbocycles. The highest BCUT2D eigenvalue weighted by atomic mass is 16.6. The fourth-order valence-corrected chi connectivity index (χ4v) is 0.707. The highest BCUT2D eigenvalue weighted by molar-refractivity contribution is 5.24. The van der Waals surface area contributed by atoms with E-state index in [1.165, 1.54) is 17.0 Å². The van der Waals surface area contributed by atoms with Gasteiger partial charge in [0.05, 0.1) is 11.1 Å². The van der Waals surface area contributed by atoms with E-state index in [-0.39, 0.29) is 0 Å². The van der Waals surface area contributed by atoms with Crippen molar-refractivity contribution in [3.8, 4) is 0 Å². The lowest BCUT2D eigenvalue weighted by Crippen LogP contribution is -2.08. The summed E-state index contributed by atoms with van der Waals surface area (Å²) >= 11 is 0. The molecule has 1 aromatic heterocycles. The third-order valence-electron chi connectivity index (χ3n) is 1.24. The van der Waals surface area contributed by atoms with Gasteiger partial charge in [0.1, 0.15) is 0 Å². The van der Waals surface area contributed by atoms with E-state index in [1.54, 1.807) is 7.05 Å². The quantitative estimate of drug-likeness (QED) is 0.431. The Labute approximate surface area is 62.0 Å². The first-order chi connectivity index (χ1) is 5.11. The van der Waals surface area contributed by atoms with E-state index < -0.39 is 16.0 Å². The molecule has 0 saturated carbocycles. The van der Waals surface area contributed by atoms with Crippen molar-refractivity contribution in [1.82, 2.24) is 4.57 Å². The first-order valence-electron chi connectivity index (χ1n) is 2.92. The number of nitro groups is 1. The Bertz CT molecular complexity index is 342. The van der Waals surface area contributed by atoms with Crippen LogP contribution in [0.25, 0.3) is 0 Å². The Morgan fingerprint density at radius 2 is 2.27 bits per heavy atom. The zero-order chi connectivity index (χ0) is 8.43. The van der Waals surface area contributed by atoms with Crippen LogP contribution < -0.4 is 5.43 Å². The average molecular weight is 154 g/mol. The van der Waals surface area contributed by atoms with Crippen molar-refractivity contribution >= 4 is 5.69 Å². The second kappa shape index (κ2) is 2.53. The molecule has 0 amide bonds. The lowest BCUT2D eigenvalue weighted by Gasteiger charge is -1.94. The molecule has 0 aliphatic rings. The van der Waals surface area contributed by atoms with E-state index in [2.05, 4.69) is 0 Å². The molecular formula is C6H6N2O3. The Balaban J connectivity index is 3.35. The molecule has 0 saturated heterocycles. The fourth-order valence-electron chi connectivity index (χ4n) is 0.707. The van der Waals surface area contributed by atoms with Crippen LogP contribution in [0.3, 0.4) is 0 Å². The lowest BCUT2D eigenvalue weighted by molar-refractivity contribution is -0.386. The number of aromatic nitrogens is 1. The van der Waals surface area contributed by atoms with Crippen LogP contribution in [0.1, 0.15) is 0 Å². The summed E-state index contributed by atoms with van der Waals surface area (Å²) in [6, 6.07) is 1.16. The third kappa shape index (κ3) is 1.43. The van der Waals surface area contributed by atoms with Gasteiger partial charge in [-0.2, -0.15) is 0 Å². The monoisotopic (exact) mass is 154 g/mol. The fraction of sp³-hybridized carbons (Fsp3) is 0.167. The smallest absolute Gasteiger partial charge is 0.332 e. The van der Waals surface area contributed by atoms with Crippen LogP contribution in [0, 0.1) is 10.1 Å². The zero-order valence-electron chi connectivity index (χ0n) is 5.85. The van der Waals surface area contributed by atoms with Crippen molar-refractivity contribution in [1.29, 1.82) is 0 Å². The molecule has 0 aliphatic carbocycles. The van der Waals surface area contributed by atoms with Gasteiger partial charge in [-0.3, -0.25) is 14.9 Å². The van der Waals surface area contributed by atoms with Crippen molar-refractivity contribution in [2.24, 2.45) is 7.05 Å². The summed E-state index contributed by atoms with van der Waals surface area (Å²) < 4.78 is 1.46. The average Bonchev–Trinajstić information content (AvgIpc) is 1.94. The van der Waals surface area contributed by atoms with Gasteiger partial charge in [0.25, 0.3) is 5.43 Å². The highest BCUT2D eigenvalue weighted by Gasteiger charge is 2.09. The Hall–Kier alpha value is -1.65. The summed E-state index contributed by atoms with van der Waals surface area (Å²) in [6.07, 6.45) is 2.65. The summed E-state index contributed by atoms with van der Waals surface area (Å²) in [6.45, 7) is 0. The van der Waals surface area contributed by atoms with Crippen LogP contribution in [0.15, 0.2) is 23.3 Å². The van der Waals surface area contributed by atoms with Crippen molar-refractivity contribution < 1.29 is 4.92 Å². The van der Waals surface area contributed by atoms with Gasteiger partial charge in [-0.15, -0.1) is 0 Å². The molecule has 0 N–H and O–H groups in total. The van der Waals surface area contributed by atoms with Gasteiger partial charge in [-0.25, -0.2) is 0 Å². The van der Waals surface area contributed by atoms with Gasteiger partial charge in [-0.05, 0) is 0 Å². The molecule has 0 atom stereocenters. The molecule has 5 heteroatoms. The van der Waals surface area contributed by atoms with E-state index in [0.29, 0.717) is 0 Å². The largest absolute Gasteiger partial charge is 0.351 e. The molecular weight excluding hydrogens is 148 g/mol. The molecule has 0 aliphatic heterocycles. The van der Waals surface area contributed by atoms with E-state index in [0.717, 1.165) is 6.07 Å². The molecule has 0 unspecified atom stereocenters. The molecule has 0 fully saturated rings. The molecule has 1 rings (SSSR count). The minimum atomic E-state index is -0.692. The number of hydrogen-bond donors (Lipinski definition) is 0. The molecule has 11 heavy (non-hydrogen) atoms. The van der Waals surface area contributed by atoms with E-state index in [1.807, 2.05) is 0 Å². The van der Waals surface area contributed by atoms with Crippen LogP contribution in [0.4, 0.5) is 5.69 Å². The second-order valence-electron chi connectivity index (χ2n) is 2.12. The highest BCUT2D eigenvalue weighted by Crippen LogP contribution is 1.99. The maximum Gasteiger partial charge on any atom is 0.332 e. The van der Waals surface area contributed by atoms with E-state index in [9.17, 15) is 14.9 Å². The molecule has 58 valence electrons. The predicted molar refractivity (Wildman–Crippen MR) is 38.3 cm³/mol. The molecule has 0 bridgehead atoms. The molecule has 1 aromatic rings. The molecule has 0 radical (unpaired) electrons. The van der Waals surface area contributed by atoms with Crippen molar-refractivity contribution in [3.63, 3.8) is 0 Å². The van der Waals surface area contributed by atoms with Crippen LogP contribution in [-0.2, 0) is 7.05 Å². The minimum absolute atomic E-state index is 0.394.